The Morgan fingerprint density at radius 2 is 1.92 bits per heavy atom. The summed E-state index contributed by atoms with van der Waals surface area (Å²) in [5.74, 6) is -0.222. The number of aliphatic imine (C=N–C) groups is 1. The molecule has 0 radical (unpaired) electrons. The number of ether oxygens (including phenoxy) is 2. The van der Waals surface area contributed by atoms with Gasteiger partial charge in [0.15, 0.2) is 16.7 Å². The van der Waals surface area contributed by atoms with Crippen molar-refractivity contribution in [3.05, 3.63) is 90.2 Å². The van der Waals surface area contributed by atoms with E-state index in [1.807, 2.05) is 19.1 Å². The van der Waals surface area contributed by atoms with Gasteiger partial charge in [0, 0.05) is 7.05 Å². The van der Waals surface area contributed by atoms with Crippen LogP contribution in [0.4, 0.5) is 5.69 Å². The van der Waals surface area contributed by atoms with Crippen LogP contribution in [0, 0.1) is 6.92 Å². The topological polar surface area (TPSA) is 88.4 Å². The van der Waals surface area contributed by atoms with E-state index in [-0.39, 0.29) is 18.1 Å². The molecule has 1 N–H and O–H groups in total. The van der Waals surface area contributed by atoms with E-state index in [0.29, 0.717) is 53.9 Å². The van der Waals surface area contributed by atoms with E-state index >= 15 is 0 Å². The number of halogens is 3. The minimum atomic E-state index is -1.03. The summed E-state index contributed by atoms with van der Waals surface area (Å²) >= 11 is 16.9. The van der Waals surface area contributed by atoms with Gasteiger partial charge in [0.05, 0.1) is 37.3 Å². The Bertz CT molecular complexity index is 1530. The zero-order chi connectivity index (χ0) is 28.3. The Morgan fingerprint density at radius 3 is 2.62 bits per heavy atom. The lowest BCUT2D eigenvalue weighted by Gasteiger charge is -2.15. The molecule has 0 spiro atoms. The summed E-state index contributed by atoms with van der Waals surface area (Å²) < 4.78 is 12.5. The molecule has 0 aromatic heterocycles. The molecule has 11 heteroatoms. The van der Waals surface area contributed by atoms with Crippen LogP contribution in [0.1, 0.15) is 34.0 Å². The number of aromatic carboxylic acids is 1. The summed E-state index contributed by atoms with van der Waals surface area (Å²) in [6.45, 7) is 4.23. The zero-order valence-electron chi connectivity index (χ0n) is 21.1. The van der Waals surface area contributed by atoms with Crippen molar-refractivity contribution in [2.24, 2.45) is 4.99 Å². The van der Waals surface area contributed by atoms with Crippen molar-refractivity contribution in [2.75, 3.05) is 13.7 Å². The second-order valence-corrected chi connectivity index (χ2v) is 11.1. The first-order chi connectivity index (χ1) is 18.6. The van der Waals surface area contributed by atoms with Crippen LogP contribution in [0.2, 0.25) is 10.0 Å². The summed E-state index contributed by atoms with van der Waals surface area (Å²) in [4.78, 5) is 31.0. The number of benzene rings is 3. The maximum absolute atomic E-state index is 13.0. The van der Waals surface area contributed by atoms with Crippen molar-refractivity contribution < 1.29 is 24.2 Å². The highest BCUT2D eigenvalue weighted by Crippen LogP contribution is 2.40. The van der Waals surface area contributed by atoms with Crippen LogP contribution in [0.15, 0.2) is 62.9 Å². The van der Waals surface area contributed by atoms with Gasteiger partial charge < -0.3 is 14.6 Å². The molecule has 39 heavy (non-hydrogen) atoms. The highest BCUT2D eigenvalue weighted by atomic mass is 79.9. The van der Waals surface area contributed by atoms with Crippen LogP contribution in [-0.4, -0.2) is 40.7 Å². The van der Waals surface area contributed by atoms with Crippen molar-refractivity contribution in [2.45, 2.75) is 20.5 Å². The zero-order valence-corrected chi connectivity index (χ0v) is 25.0. The molecule has 1 amide bonds. The molecule has 4 rings (SSSR count). The van der Waals surface area contributed by atoms with Gasteiger partial charge in [-0.15, -0.1) is 0 Å². The summed E-state index contributed by atoms with van der Waals surface area (Å²) in [7, 11) is 1.63. The van der Waals surface area contributed by atoms with Crippen LogP contribution >= 0.6 is 50.9 Å². The van der Waals surface area contributed by atoms with Crippen molar-refractivity contribution in [3.63, 3.8) is 0 Å². The lowest BCUT2D eigenvalue weighted by Crippen LogP contribution is -2.23. The molecule has 202 valence electrons. The third kappa shape index (κ3) is 6.61. The summed E-state index contributed by atoms with van der Waals surface area (Å²) in [5, 5.41) is 10.8. The van der Waals surface area contributed by atoms with Gasteiger partial charge in [-0.05, 0) is 101 Å². The minimum absolute atomic E-state index is 0.166. The van der Waals surface area contributed by atoms with Gasteiger partial charge in [0.2, 0.25) is 0 Å². The van der Waals surface area contributed by atoms with Gasteiger partial charge >= 0.3 is 5.97 Å². The second-order valence-electron chi connectivity index (χ2n) is 8.42. The van der Waals surface area contributed by atoms with E-state index in [4.69, 9.17) is 32.7 Å². The van der Waals surface area contributed by atoms with Crippen molar-refractivity contribution in [3.8, 4) is 11.5 Å². The summed E-state index contributed by atoms with van der Waals surface area (Å²) in [6.07, 6.45) is 1.75. The molecule has 0 atom stereocenters. The lowest BCUT2D eigenvalue weighted by atomic mass is 10.1. The molecule has 0 aliphatic carbocycles. The molecule has 1 aliphatic rings. The largest absolute Gasteiger partial charge is 0.490 e. The van der Waals surface area contributed by atoms with Gasteiger partial charge in [0.1, 0.15) is 6.61 Å². The van der Waals surface area contributed by atoms with E-state index in [0.717, 1.165) is 11.1 Å². The normalized spacial score (nSPS) is 15.3. The number of amides is 1. The number of carbonyl (C=O) groups excluding carboxylic acids is 1. The number of likely N-dealkylation sites (N-methyl/N-ethyl adjacent to an activating group) is 1. The quantitative estimate of drug-likeness (QED) is 0.249. The monoisotopic (exact) mass is 648 g/mol. The number of thioether (sulfide) groups is 1. The van der Waals surface area contributed by atoms with Crippen molar-refractivity contribution >= 4 is 79.7 Å². The molecule has 0 bridgehead atoms. The Labute approximate surface area is 248 Å². The molecule has 1 heterocycles. The Balaban J connectivity index is 1.61. The van der Waals surface area contributed by atoms with Crippen LogP contribution in [0.5, 0.6) is 11.5 Å². The fourth-order valence-electron chi connectivity index (χ4n) is 3.74. The number of nitrogens with zero attached hydrogens (tertiary/aromatic N) is 2. The Kier molecular flexibility index (Phi) is 9.27. The van der Waals surface area contributed by atoms with E-state index in [2.05, 4.69) is 20.9 Å². The maximum atomic E-state index is 13.0. The van der Waals surface area contributed by atoms with E-state index in [1.54, 1.807) is 50.4 Å². The Hall–Kier alpha value is -2.98. The minimum Gasteiger partial charge on any atom is -0.490 e. The number of carbonyl (C=O) groups is 2. The van der Waals surface area contributed by atoms with Crippen LogP contribution in [-0.2, 0) is 11.4 Å². The number of rotatable bonds is 8. The molecule has 1 fully saturated rings. The molecule has 0 unspecified atom stereocenters. The average molecular weight is 650 g/mol. The first-order valence-electron chi connectivity index (χ1n) is 11.7. The lowest BCUT2D eigenvalue weighted by molar-refractivity contribution is -0.121. The number of amidine groups is 1. The maximum Gasteiger partial charge on any atom is 0.336 e. The summed E-state index contributed by atoms with van der Waals surface area (Å²) in [5.41, 5.74) is 2.75. The third-order valence-electron chi connectivity index (χ3n) is 5.75. The average Bonchev–Trinajstić information content (AvgIpc) is 3.14. The van der Waals surface area contributed by atoms with Gasteiger partial charge in [-0.2, -0.15) is 0 Å². The summed E-state index contributed by atoms with van der Waals surface area (Å²) in [6, 6.07) is 13.8. The third-order valence-corrected chi connectivity index (χ3v) is 8.14. The molecule has 1 saturated heterocycles. The number of hydrogen-bond acceptors (Lipinski definition) is 6. The molecular weight excluding hydrogens is 627 g/mol. The van der Waals surface area contributed by atoms with E-state index in [9.17, 15) is 14.7 Å². The van der Waals surface area contributed by atoms with Crippen molar-refractivity contribution in [1.29, 1.82) is 0 Å². The van der Waals surface area contributed by atoms with Gasteiger partial charge in [-0.3, -0.25) is 9.69 Å². The van der Waals surface area contributed by atoms with Gasteiger partial charge in [-0.25, -0.2) is 9.79 Å². The molecule has 3 aromatic rings. The van der Waals surface area contributed by atoms with Crippen LogP contribution in [0.25, 0.3) is 6.08 Å². The highest BCUT2D eigenvalue weighted by molar-refractivity contribution is 9.10. The molecule has 3 aromatic carbocycles. The predicted molar refractivity (Wildman–Crippen MR) is 160 cm³/mol. The van der Waals surface area contributed by atoms with E-state index in [1.165, 1.54) is 22.7 Å². The smallest absolute Gasteiger partial charge is 0.336 e. The standard InChI is InChI=1S/C28H23BrCl2N2O5S/c1-4-37-23-12-17(10-19(29)25(23)38-14-16-8-9-20(30)21(31)11-16)13-24-26(34)33(3)28(39-24)32-22-7-5-6-18(15(22)2)27(35)36/h5-13H,4,14H2,1-3H3,(H,35,36)/b24-13-,32-28?. The second kappa shape index (κ2) is 12.5. The molecule has 7 nitrogen and oxygen atoms in total. The van der Waals surface area contributed by atoms with Crippen LogP contribution in [0.3, 0.4) is 0 Å². The highest BCUT2D eigenvalue weighted by Gasteiger charge is 2.31. The van der Waals surface area contributed by atoms with Gasteiger partial charge in [-0.1, -0.05) is 35.3 Å². The number of carboxylic acid groups (broad SMARTS) is 1. The van der Waals surface area contributed by atoms with E-state index < -0.39 is 5.97 Å². The number of carboxylic acids is 1. The molecule has 1 aliphatic heterocycles. The van der Waals surface area contributed by atoms with Crippen molar-refractivity contribution in [1.82, 2.24) is 4.90 Å². The first-order valence-corrected chi connectivity index (χ1v) is 14.1. The fraction of sp³-hybridized carbons (Fsp3) is 0.179. The SMILES string of the molecule is CCOc1cc(/C=C2\SC(=Nc3cccc(C(=O)O)c3C)N(C)C2=O)cc(Br)c1OCc1ccc(Cl)c(Cl)c1. The first kappa shape index (κ1) is 29.0. The molecular formula is C28H23BrCl2N2O5S. The van der Waals surface area contributed by atoms with Gasteiger partial charge in [0.25, 0.3) is 5.91 Å². The number of hydrogen-bond donors (Lipinski definition) is 1. The molecule has 0 saturated carbocycles. The van der Waals surface area contributed by atoms with Crippen LogP contribution < -0.4 is 9.47 Å². The fourth-order valence-corrected chi connectivity index (χ4v) is 5.62. The Morgan fingerprint density at radius 1 is 1.15 bits per heavy atom. The predicted octanol–water partition coefficient (Wildman–Crippen LogP) is 7.97.